The molecule has 1 amide bonds. The van der Waals surface area contributed by atoms with E-state index in [0.29, 0.717) is 17.0 Å². The van der Waals surface area contributed by atoms with Gasteiger partial charge >= 0.3 is 0 Å². The van der Waals surface area contributed by atoms with Crippen LogP contribution < -0.4 is 10.1 Å². The molecule has 0 spiro atoms. The molecule has 0 aliphatic rings. The molecule has 0 atom stereocenters. The Morgan fingerprint density at radius 2 is 1.65 bits per heavy atom. The van der Waals surface area contributed by atoms with E-state index < -0.39 is 0 Å². The van der Waals surface area contributed by atoms with Gasteiger partial charge in [0.2, 0.25) is 5.91 Å². The topological polar surface area (TPSA) is 55.4 Å². The van der Waals surface area contributed by atoms with Crippen LogP contribution in [-0.2, 0) is 4.79 Å². The lowest BCUT2D eigenvalue weighted by molar-refractivity contribution is -0.114. The van der Waals surface area contributed by atoms with E-state index >= 15 is 0 Å². The van der Waals surface area contributed by atoms with Gasteiger partial charge in [-0.3, -0.25) is 9.59 Å². The minimum absolute atomic E-state index is 0.0688. The number of benzene rings is 2. The fourth-order valence-corrected chi connectivity index (χ4v) is 1.74. The van der Waals surface area contributed by atoms with E-state index in [9.17, 15) is 9.59 Å². The highest BCUT2D eigenvalue weighted by molar-refractivity contribution is 5.97. The highest BCUT2D eigenvalue weighted by Gasteiger charge is 2.09. The first-order valence-electron chi connectivity index (χ1n) is 6.24. The molecule has 0 saturated heterocycles. The van der Waals surface area contributed by atoms with E-state index in [1.807, 2.05) is 6.07 Å². The molecule has 0 heterocycles. The van der Waals surface area contributed by atoms with Crippen molar-refractivity contribution >= 4 is 17.4 Å². The molecule has 0 radical (unpaired) electrons. The molecule has 0 aromatic heterocycles. The molecule has 1 N–H and O–H groups in total. The predicted molar refractivity (Wildman–Crippen MR) is 77.0 cm³/mol. The molecule has 2 aromatic carbocycles. The smallest absolute Gasteiger partial charge is 0.221 e. The van der Waals surface area contributed by atoms with Crippen LogP contribution in [0.5, 0.6) is 5.75 Å². The number of hydrogen-bond donors (Lipinski definition) is 1. The number of ketones is 1. The van der Waals surface area contributed by atoms with Gasteiger partial charge in [-0.2, -0.15) is 0 Å². The van der Waals surface area contributed by atoms with Crippen molar-refractivity contribution < 1.29 is 14.3 Å². The van der Waals surface area contributed by atoms with Gasteiger partial charge in [0, 0.05) is 12.5 Å². The summed E-state index contributed by atoms with van der Waals surface area (Å²) in [4.78, 5) is 23.0. The van der Waals surface area contributed by atoms with E-state index in [0.717, 1.165) is 0 Å². The van der Waals surface area contributed by atoms with Crippen LogP contribution in [0, 0.1) is 0 Å². The number of Topliss-reactive ketones (excluding diaryl/α,β-unsaturated/α-hetero) is 1. The Kier molecular flexibility index (Phi) is 4.50. The molecule has 0 fully saturated rings. The quantitative estimate of drug-likeness (QED) is 0.849. The third kappa shape index (κ3) is 3.68. The van der Waals surface area contributed by atoms with Gasteiger partial charge in [-0.1, -0.05) is 42.5 Å². The molecule has 0 aliphatic carbocycles. The number of rotatable bonds is 5. The van der Waals surface area contributed by atoms with Crippen LogP contribution in [0.15, 0.2) is 54.6 Å². The second-order valence-electron chi connectivity index (χ2n) is 4.26. The molecule has 0 saturated carbocycles. The lowest BCUT2D eigenvalue weighted by atomic mass is 10.1. The maximum atomic E-state index is 11.9. The van der Waals surface area contributed by atoms with Gasteiger partial charge in [0.25, 0.3) is 0 Å². The van der Waals surface area contributed by atoms with Gasteiger partial charge in [-0.25, -0.2) is 0 Å². The van der Waals surface area contributed by atoms with E-state index in [1.165, 1.54) is 6.92 Å². The van der Waals surface area contributed by atoms with Crippen LogP contribution in [0.4, 0.5) is 5.69 Å². The number of carbonyl (C=O) groups excluding carboxylic acids is 2. The van der Waals surface area contributed by atoms with Gasteiger partial charge in [0.1, 0.15) is 5.75 Å². The van der Waals surface area contributed by atoms with Crippen LogP contribution in [0.2, 0.25) is 0 Å². The number of carbonyl (C=O) groups is 2. The Balaban J connectivity index is 2.04. The second-order valence-corrected chi connectivity index (χ2v) is 4.26. The van der Waals surface area contributed by atoms with E-state index in [1.54, 1.807) is 48.5 Å². The highest BCUT2D eigenvalue weighted by atomic mass is 16.5. The van der Waals surface area contributed by atoms with Crippen LogP contribution >= 0.6 is 0 Å². The monoisotopic (exact) mass is 269 g/mol. The lowest BCUT2D eigenvalue weighted by Gasteiger charge is -2.11. The summed E-state index contributed by atoms with van der Waals surface area (Å²) in [6, 6.07) is 16.0. The number of amides is 1. The molecule has 102 valence electrons. The van der Waals surface area contributed by atoms with Crippen molar-refractivity contribution in [3.63, 3.8) is 0 Å². The summed E-state index contributed by atoms with van der Waals surface area (Å²) in [5, 5.41) is 2.66. The number of nitrogens with one attached hydrogen (secondary N) is 1. The lowest BCUT2D eigenvalue weighted by Crippen LogP contribution is -2.13. The van der Waals surface area contributed by atoms with Crippen LogP contribution in [0.25, 0.3) is 0 Å². The average Bonchev–Trinajstić information content (AvgIpc) is 2.46. The first-order chi connectivity index (χ1) is 9.66. The van der Waals surface area contributed by atoms with Crippen molar-refractivity contribution in [1.29, 1.82) is 0 Å². The average molecular weight is 269 g/mol. The first kappa shape index (κ1) is 13.8. The predicted octanol–water partition coefficient (Wildman–Crippen LogP) is 2.91. The van der Waals surface area contributed by atoms with Crippen molar-refractivity contribution in [2.75, 3.05) is 11.9 Å². The van der Waals surface area contributed by atoms with Gasteiger partial charge in [0.15, 0.2) is 12.4 Å². The standard InChI is InChI=1S/C16H15NO3/c1-12(18)17-14-9-5-6-10-16(14)20-11-15(19)13-7-3-2-4-8-13/h2-10H,11H2,1H3,(H,17,18). The third-order valence-corrected chi connectivity index (χ3v) is 2.65. The van der Waals surface area contributed by atoms with Crippen LogP contribution in [0.1, 0.15) is 17.3 Å². The highest BCUT2D eigenvalue weighted by Crippen LogP contribution is 2.23. The summed E-state index contributed by atoms with van der Waals surface area (Å²) >= 11 is 0. The maximum absolute atomic E-state index is 11.9. The molecule has 4 nitrogen and oxygen atoms in total. The third-order valence-electron chi connectivity index (χ3n) is 2.65. The zero-order valence-electron chi connectivity index (χ0n) is 11.1. The molecular weight excluding hydrogens is 254 g/mol. The molecule has 2 aromatic rings. The summed E-state index contributed by atoms with van der Waals surface area (Å²) in [5.74, 6) is 0.186. The normalized spacial score (nSPS) is 9.85. The SMILES string of the molecule is CC(=O)Nc1ccccc1OCC(=O)c1ccccc1. The Bertz CT molecular complexity index is 608. The van der Waals surface area contributed by atoms with Crippen molar-refractivity contribution in [2.24, 2.45) is 0 Å². The first-order valence-corrected chi connectivity index (χ1v) is 6.24. The molecule has 2 rings (SSSR count). The van der Waals surface area contributed by atoms with Gasteiger partial charge in [-0.05, 0) is 12.1 Å². The number of hydrogen-bond acceptors (Lipinski definition) is 3. The van der Waals surface area contributed by atoms with Gasteiger partial charge < -0.3 is 10.1 Å². The number of para-hydroxylation sites is 2. The Morgan fingerprint density at radius 1 is 1.00 bits per heavy atom. The zero-order chi connectivity index (χ0) is 14.4. The fourth-order valence-electron chi connectivity index (χ4n) is 1.74. The molecule has 0 unspecified atom stereocenters. The van der Waals surface area contributed by atoms with Crippen LogP contribution in [-0.4, -0.2) is 18.3 Å². The number of anilines is 1. The van der Waals surface area contributed by atoms with Crippen molar-refractivity contribution in [2.45, 2.75) is 6.92 Å². The summed E-state index contributed by atoms with van der Waals surface area (Å²) in [5.41, 5.74) is 1.16. The summed E-state index contributed by atoms with van der Waals surface area (Å²) in [6.45, 7) is 1.35. The summed E-state index contributed by atoms with van der Waals surface area (Å²) in [6.07, 6.45) is 0. The van der Waals surface area contributed by atoms with Crippen molar-refractivity contribution in [1.82, 2.24) is 0 Å². The number of ether oxygens (including phenoxy) is 1. The largest absolute Gasteiger partial charge is 0.483 e. The zero-order valence-corrected chi connectivity index (χ0v) is 11.1. The van der Waals surface area contributed by atoms with Crippen molar-refractivity contribution in [3.8, 4) is 5.75 Å². The molecular formula is C16H15NO3. The minimum Gasteiger partial charge on any atom is -0.483 e. The van der Waals surface area contributed by atoms with Gasteiger partial charge in [0.05, 0.1) is 5.69 Å². The second kappa shape index (κ2) is 6.52. The van der Waals surface area contributed by atoms with Gasteiger partial charge in [-0.15, -0.1) is 0 Å². The van der Waals surface area contributed by atoms with E-state index in [2.05, 4.69) is 5.32 Å². The molecule has 0 bridgehead atoms. The molecule has 4 heteroatoms. The Labute approximate surface area is 117 Å². The van der Waals surface area contributed by atoms with E-state index in [-0.39, 0.29) is 18.3 Å². The minimum atomic E-state index is -0.185. The Hall–Kier alpha value is -2.62. The van der Waals surface area contributed by atoms with Crippen LogP contribution in [0.3, 0.4) is 0 Å². The van der Waals surface area contributed by atoms with Crippen molar-refractivity contribution in [3.05, 3.63) is 60.2 Å². The Morgan fingerprint density at radius 3 is 2.35 bits per heavy atom. The van der Waals surface area contributed by atoms with E-state index in [4.69, 9.17) is 4.74 Å². The molecule has 20 heavy (non-hydrogen) atoms. The fraction of sp³-hybridized carbons (Fsp3) is 0.125. The summed E-state index contributed by atoms with van der Waals surface area (Å²) < 4.78 is 5.49. The summed E-state index contributed by atoms with van der Waals surface area (Å²) in [7, 11) is 0. The molecule has 0 aliphatic heterocycles. The maximum Gasteiger partial charge on any atom is 0.221 e.